The lowest BCUT2D eigenvalue weighted by atomic mass is 9.88. The molecule has 0 unspecified atom stereocenters. The predicted octanol–water partition coefficient (Wildman–Crippen LogP) is 3.17. The average Bonchev–Trinajstić information content (AvgIpc) is 2.20. The molecule has 0 atom stereocenters. The predicted molar refractivity (Wildman–Crippen MR) is 53.4 cm³/mol. The van der Waals surface area contributed by atoms with E-state index in [0.29, 0.717) is 6.29 Å². The van der Waals surface area contributed by atoms with Crippen LogP contribution in [-0.2, 0) is 12.8 Å². The first kappa shape index (κ1) is 9.66. The summed E-state index contributed by atoms with van der Waals surface area (Å²) in [5.41, 5.74) is 2.05. The fourth-order valence-corrected chi connectivity index (χ4v) is 2.23. The molecule has 1 aromatic rings. The fourth-order valence-electron chi connectivity index (χ4n) is 2.00. The van der Waals surface area contributed by atoms with Crippen LogP contribution in [0.25, 0.3) is 0 Å². The smallest absolute Gasteiger partial charge is 0.153 e. The van der Waals surface area contributed by atoms with Crippen molar-refractivity contribution in [1.29, 1.82) is 0 Å². The van der Waals surface area contributed by atoms with Crippen LogP contribution in [0.5, 0.6) is 0 Å². The van der Waals surface area contributed by atoms with Crippen LogP contribution in [0.2, 0.25) is 5.02 Å². The number of halogens is 2. The van der Waals surface area contributed by atoms with Crippen molar-refractivity contribution in [3.05, 3.63) is 33.6 Å². The lowest BCUT2D eigenvalue weighted by Gasteiger charge is -2.18. The molecule has 0 N–H and O–H groups in total. The molecule has 0 spiro atoms. The lowest BCUT2D eigenvalue weighted by Crippen LogP contribution is -2.08. The summed E-state index contributed by atoms with van der Waals surface area (Å²) in [6.45, 7) is 0. The number of fused-ring (bicyclic) bond motifs is 1. The number of aryl methyl sites for hydroxylation is 1. The van der Waals surface area contributed by atoms with Crippen LogP contribution in [0.15, 0.2) is 6.07 Å². The van der Waals surface area contributed by atoms with Gasteiger partial charge in [0, 0.05) is 0 Å². The van der Waals surface area contributed by atoms with Gasteiger partial charge in [0.25, 0.3) is 0 Å². The zero-order chi connectivity index (χ0) is 10.1. The van der Waals surface area contributed by atoms with E-state index >= 15 is 0 Å². The molecular formula is C11H10ClFO. The van der Waals surface area contributed by atoms with Crippen molar-refractivity contribution < 1.29 is 9.18 Å². The Balaban J connectivity index is 2.65. The maximum atomic E-state index is 13.4. The number of aldehydes is 1. The summed E-state index contributed by atoms with van der Waals surface area (Å²) in [5.74, 6) is -0.567. The highest BCUT2D eigenvalue weighted by molar-refractivity contribution is 6.31. The highest BCUT2D eigenvalue weighted by Crippen LogP contribution is 2.30. The standard InChI is InChI=1S/C11H10ClFO/c12-10-5-7-3-1-2-4-8(7)9(6-14)11(10)13/h5-6H,1-4H2. The zero-order valence-electron chi connectivity index (χ0n) is 7.65. The van der Waals surface area contributed by atoms with E-state index in [0.717, 1.165) is 36.8 Å². The number of hydrogen-bond acceptors (Lipinski definition) is 1. The molecule has 74 valence electrons. The van der Waals surface area contributed by atoms with Crippen molar-refractivity contribution in [3.8, 4) is 0 Å². The Kier molecular flexibility index (Phi) is 2.55. The summed E-state index contributed by atoms with van der Waals surface area (Å²) >= 11 is 5.70. The Morgan fingerprint density at radius 2 is 2.07 bits per heavy atom. The van der Waals surface area contributed by atoms with Crippen molar-refractivity contribution in [2.45, 2.75) is 25.7 Å². The van der Waals surface area contributed by atoms with Gasteiger partial charge in [-0.25, -0.2) is 4.39 Å². The first-order valence-electron chi connectivity index (χ1n) is 4.69. The van der Waals surface area contributed by atoms with Gasteiger partial charge in [-0.15, -0.1) is 0 Å². The highest BCUT2D eigenvalue weighted by Gasteiger charge is 2.18. The molecule has 0 aromatic heterocycles. The number of benzene rings is 1. The molecule has 1 aliphatic rings. The molecular weight excluding hydrogens is 203 g/mol. The van der Waals surface area contributed by atoms with Gasteiger partial charge in [0.1, 0.15) is 0 Å². The van der Waals surface area contributed by atoms with Crippen molar-refractivity contribution in [1.82, 2.24) is 0 Å². The first-order chi connectivity index (χ1) is 6.74. The van der Waals surface area contributed by atoms with E-state index in [1.807, 2.05) is 0 Å². The van der Waals surface area contributed by atoms with E-state index in [1.54, 1.807) is 6.07 Å². The van der Waals surface area contributed by atoms with E-state index in [-0.39, 0.29) is 10.6 Å². The van der Waals surface area contributed by atoms with Gasteiger partial charge in [0.2, 0.25) is 0 Å². The Bertz CT molecular complexity index is 387. The molecule has 1 nitrogen and oxygen atoms in total. The maximum absolute atomic E-state index is 13.4. The average molecular weight is 213 g/mol. The van der Waals surface area contributed by atoms with Crippen molar-refractivity contribution in [2.75, 3.05) is 0 Å². The number of carbonyl (C=O) groups is 1. The SMILES string of the molecule is O=Cc1c(F)c(Cl)cc2c1CCCC2. The van der Waals surface area contributed by atoms with Crippen molar-refractivity contribution in [2.24, 2.45) is 0 Å². The van der Waals surface area contributed by atoms with E-state index in [2.05, 4.69) is 0 Å². The van der Waals surface area contributed by atoms with Crippen LogP contribution in [0.1, 0.15) is 34.3 Å². The molecule has 0 amide bonds. The van der Waals surface area contributed by atoms with Crippen LogP contribution in [0.3, 0.4) is 0 Å². The number of carbonyl (C=O) groups excluding carboxylic acids is 1. The third kappa shape index (κ3) is 1.44. The normalized spacial score (nSPS) is 15.0. The fraction of sp³-hybridized carbons (Fsp3) is 0.364. The van der Waals surface area contributed by atoms with E-state index in [9.17, 15) is 9.18 Å². The van der Waals surface area contributed by atoms with E-state index in [1.165, 1.54) is 0 Å². The van der Waals surface area contributed by atoms with Crippen LogP contribution < -0.4 is 0 Å². The molecule has 2 rings (SSSR count). The van der Waals surface area contributed by atoms with Crippen molar-refractivity contribution >= 4 is 17.9 Å². The second-order valence-corrected chi connectivity index (χ2v) is 3.96. The summed E-state index contributed by atoms with van der Waals surface area (Å²) in [5, 5.41) is 0.0627. The second-order valence-electron chi connectivity index (χ2n) is 3.55. The van der Waals surface area contributed by atoms with Crippen LogP contribution in [0.4, 0.5) is 4.39 Å². The third-order valence-corrected chi connectivity index (χ3v) is 2.98. The maximum Gasteiger partial charge on any atom is 0.153 e. The molecule has 0 fully saturated rings. The Morgan fingerprint density at radius 1 is 1.36 bits per heavy atom. The summed E-state index contributed by atoms with van der Waals surface area (Å²) in [4.78, 5) is 10.8. The molecule has 0 bridgehead atoms. The summed E-state index contributed by atoms with van der Waals surface area (Å²) < 4.78 is 13.4. The lowest BCUT2D eigenvalue weighted by molar-refractivity contribution is 0.111. The summed E-state index contributed by atoms with van der Waals surface area (Å²) in [6.07, 6.45) is 4.38. The van der Waals surface area contributed by atoms with Crippen LogP contribution >= 0.6 is 11.6 Å². The van der Waals surface area contributed by atoms with Crippen molar-refractivity contribution in [3.63, 3.8) is 0 Å². The summed E-state index contributed by atoms with van der Waals surface area (Å²) in [6, 6.07) is 1.65. The minimum absolute atomic E-state index is 0.0627. The summed E-state index contributed by atoms with van der Waals surface area (Å²) in [7, 11) is 0. The number of hydrogen-bond donors (Lipinski definition) is 0. The van der Waals surface area contributed by atoms with Gasteiger partial charge < -0.3 is 0 Å². The van der Waals surface area contributed by atoms with E-state index < -0.39 is 5.82 Å². The van der Waals surface area contributed by atoms with Gasteiger partial charge in [-0.1, -0.05) is 11.6 Å². The molecule has 1 aromatic carbocycles. The Morgan fingerprint density at radius 3 is 2.79 bits per heavy atom. The molecule has 14 heavy (non-hydrogen) atoms. The molecule has 0 saturated carbocycles. The number of rotatable bonds is 1. The molecule has 0 aliphatic heterocycles. The van der Waals surface area contributed by atoms with Gasteiger partial charge >= 0.3 is 0 Å². The van der Waals surface area contributed by atoms with E-state index in [4.69, 9.17) is 11.6 Å². The molecule has 0 radical (unpaired) electrons. The zero-order valence-corrected chi connectivity index (χ0v) is 8.40. The van der Waals surface area contributed by atoms with Crippen LogP contribution in [0, 0.1) is 5.82 Å². The first-order valence-corrected chi connectivity index (χ1v) is 5.06. The van der Waals surface area contributed by atoms with Gasteiger partial charge in [-0.2, -0.15) is 0 Å². The Labute approximate surface area is 86.9 Å². The highest BCUT2D eigenvalue weighted by atomic mass is 35.5. The largest absolute Gasteiger partial charge is 0.298 e. The molecule has 0 heterocycles. The van der Waals surface area contributed by atoms with Crippen LogP contribution in [-0.4, -0.2) is 6.29 Å². The second kappa shape index (κ2) is 3.70. The minimum Gasteiger partial charge on any atom is -0.298 e. The molecule has 3 heteroatoms. The van der Waals surface area contributed by atoms with Gasteiger partial charge in [-0.3, -0.25) is 4.79 Å². The van der Waals surface area contributed by atoms with Gasteiger partial charge in [0.15, 0.2) is 12.1 Å². The third-order valence-electron chi connectivity index (χ3n) is 2.70. The molecule has 1 aliphatic carbocycles. The van der Waals surface area contributed by atoms with Gasteiger partial charge in [0.05, 0.1) is 10.6 Å². The minimum atomic E-state index is -0.567. The topological polar surface area (TPSA) is 17.1 Å². The monoisotopic (exact) mass is 212 g/mol. The molecule has 0 saturated heterocycles. The van der Waals surface area contributed by atoms with Gasteiger partial charge in [-0.05, 0) is 42.9 Å². The Hall–Kier alpha value is -0.890. The quantitative estimate of drug-likeness (QED) is 0.654.